The van der Waals surface area contributed by atoms with Crippen molar-refractivity contribution < 1.29 is 27.9 Å². The van der Waals surface area contributed by atoms with Crippen LogP contribution in [0.1, 0.15) is 47.2 Å². The summed E-state index contributed by atoms with van der Waals surface area (Å²) in [6.45, 7) is 4.16. The van der Waals surface area contributed by atoms with Gasteiger partial charge in [0, 0.05) is 58.4 Å². The Balaban J connectivity index is 0.000000422. The second-order valence-electron chi connectivity index (χ2n) is 12.0. The molecule has 1 amide bonds. The van der Waals surface area contributed by atoms with Crippen molar-refractivity contribution in [1.29, 1.82) is 0 Å². The number of nitrogens with zero attached hydrogens (tertiary/aromatic N) is 8. The van der Waals surface area contributed by atoms with Crippen LogP contribution >= 0.6 is 11.6 Å². The van der Waals surface area contributed by atoms with Gasteiger partial charge in [-0.2, -0.15) is 23.4 Å². The zero-order valence-corrected chi connectivity index (χ0v) is 31.3. The number of anilines is 2. The molecule has 0 saturated heterocycles. The summed E-state index contributed by atoms with van der Waals surface area (Å²) in [4.78, 5) is 41.8. The maximum Gasteiger partial charge on any atom is 0.416 e. The largest absolute Gasteiger partial charge is 0.504 e. The summed E-state index contributed by atoms with van der Waals surface area (Å²) in [5.74, 6) is -0.181. The van der Waals surface area contributed by atoms with Crippen molar-refractivity contribution in [3.05, 3.63) is 74.8 Å². The molecule has 290 valence electrons. The van der Waals surface area contributed by atoms with Gasteiger partial charge in [-0.15, -0.1) is 5.10 Å². The van der Waals surface area contributed by atoms with Crippen LogP contribution in [-0.4, -0.2) is 81.5 Å². The highest BCUT2D eigenvalue weighted by Gasteiger charge is 2.30. The van der Waals surface area contributed by atoms with E-state index in [1.54, 1.807) is 56.0 Å². The summed E-state index contributed by atoms with van der Waals surface area (Å²) in [5.41, 5.74) is 2.17. The average Bonchev–Trinajstić information content (AvgIpc) is 3.65. The molecule has 0 spiro atoms. The lowest BCUT2D eigenvalue weighted by atomic mass is 10.2. The molecule has 0 fully saturated rings. The lowest BCUT2D eigenvalue weighted by molar-refractivity contribution is -0.137. The Bertz CT molecular complexity index is 2230. The smallest absolute Gasteiger partial charge is 0.416 e. The topological polar surface area (TPSA) is 195 Å². The van der Waals surface area contributed by atoms with Crippen molar-refractivity contribution in [2.75, 3.05) is 30.8 Å². The minimum atomic E-state index is -4.34. The number of aromatic nitrogens is 9. The fourth-order valence-electron chi connectivity index (χ4n) is 5.29. The number of benzene rings is 1. The zero-order valence-electron chi connectivity index (χ0n) is 30.5. The molecule has 0 aliphatic carbocycles. The molecule has 1 aromatic carbocycles. The van der Waals surface area contributed by atoms with Crippen LogP contribution in [0.4, 0.5) is 24.5 Å². The molecule has 5 N–H and O–H groups in total. The number of aromatic amines is 1. The first-order valence-electron chi connectivity index (χ1n) is 16.8. The van der Waals surface area contributed by atoms with Gasteiger partial charge in [-0.1, -0.05) is 18.5 Å². The molecular formula is C34H42ClF3N12O4. The number of unbranched alkanes of at least 4 members (excludes halogenated alkanes) is 1. The van der Waals surface area contributed by atoms with Crippen molar-refractivity contribution in [2.24, 2.45) is 21.1 Å². The molecule has 0 aliphatic rings. The van der Waals surface area contributed by atoms with Crippen molar-refractivity contribution in [2.45, 2.75) is 45.8 Å². The molecule has 0 bridgehead atoms. The van der Waals surface area contributed by atoms with E-state index in [0.29, 0.717) is 72.8 Å². The molecule has 0 radical (unpaired) electrons. The zero-order chi connectivity index (χ0) is 39.7. The molecule has 0 atom stereocenters. The van der Waals surface area contributed by atoms with E-state index < -0.39 is 23.2 Å². The number of amides is 1. The fourth-order valence-corrected chi connectivity index (χ4v) is 5.57. The molecule has 0 unspecified atom stereocenters. The van der Waals surface area contributed by atoms with E-state index in [2.05, 4.69) is 41.3 Å². The summed E-state index contributed by atoms with van der Waals surface area (Å²) in [5, 5.41) is 35.7. The van der Waals surface area contributed by atoms with E-state index in [0.717, 1.165) is 27.7 Å². The highest BCUT2D eigenvalue weighted by Crippen LogP contribution is 2.33. The van der Waals surface area contributed by atoms with E-state index in [1.165, 1.54) is 10.7 Å². The van der Waals surface area contributed by atoms with Crippen LogP contribution in [-0.2, 0) is 45.1 Å². The van der Waals surface area contributed by atoms with Crippen molar-refractivity contribution in [3.8, 4) is 17.1 Å². The highest BCUT2D eigenvalue weighted by atomic mass is 35.5. The summed E-state index contributed by atoms with van der Waals surface area (Å²) >= 11 is 5.57. The number of halogens is 4. The van der Waals surface area contributed by atoms with Gasteiger partial charge in [-0.3, -0.25) is 33.7 Å². The third kappa shape index (κ3) is 9.38. The van der Waals surface area contributed by atoms with Crippen LogP contribution in [0.2, 0.25) is 5.02 Å². The van der Waals surface area contributed by atoms with Gasteiger partial charge in [0.05, 0.1) is 45.6 Å². The Morgan fingerprint density at radius 1 is 1.07 bits per heavy atom. The van der Waals surface area contributed by atoms with Crippen LogP contribution in [0, 0.1) is 6.92 Å². The number of aryl methyl sites for hydroxylation is 4. The van der Waals surface area contributed by atoms with Gasteiger partial charge in [0.1, 0.15) is 18.5 Å². The second-order valence-corrected chi connectivity index (χ2v) is 12.4. The van der Waals surface area contributed by atoms with Gasteiger partial charge < -0.3 is 25.9 Å². The maximum atomic E-state index is 13.6. The number of aldehydes is 1. The number of rotatable bonds is 12. The average molecular weight is 775 g/mol. The molecule has 4 heterocycles. The first-order chi connectivity index (χ1) is 25.6. The Morgan fingerprint density at radius 3 is 2.41 bits per heavy atom. The van der Waals surface area contributed by atoms with Gasteiger partial charge in [0.15, 0.2) is 17.3 Å². The molecule has 4 aromatic heterocycles. The highest BCUT2D eigenvalue weighted by molar-refractivity contribution is 6.33. The molecule has 0 saturated carbocycles. The van der Waals surface area contributed by atoms with Gasteiger partial charge in [-0.25, -0.2) is 4.68 Å². The summed E-state index contributed by atoms with van der Waals surface area (Å²) in [7, 11) is 6.84. The number of carbonyl (C=O) groups excluding carboxylic acids is 2. The Hall–Kier alpha value is -5.85. The third-order valence-corrected chi connectivity index (χ3v) is 8.69. The van der Waals surface area contributed by atoms with E-state index >= 15 is 0 Å². The molecule has 54 heavy (non-hydrogen) atoms. The van der Waals surface area contributed by atoms with Crippen molar-refractivity contribution in [3.63, 3.8) is 0 Å². The van der Waals surface area contributed by atoms with Crippen LogP contribution in [0.15, 0.2) is 41.6 Å². The van der Waals surface area contributed by atoms with E-state index in [1.807, 2.05) is 14.0 Å². The number of hydrogen-bond donors (Lipinski definition) is 5. The Kier molecular flexibility index (Phi) is 13.5. The van der Waals surface area contributed by atoms with E-state index in [9.17, 15) is 32.7 Å². The number of carbonyl (C=O) groups is 2. The number of fused-ring (bicyclic) bond motifs is 1. The Morgan fingerprint density at radius 2 is 1.80 bits per heavy atom. The number of H-pyrrole nitrogens is 1. The lowest BCUT2D eigenvalue weighted by Crippen LogP contribution is -2.29. The quantitative estimate of drug-likeness (QED) is 0.0889. The van der Waals surface area contributed by atoms with Gasteiger partial charge in [0.2, 0.25) is 0 Å². The van der Waals surface area contributed by atoms with Gasteiger partial charge >= 0.3 is 6.18 Å². The maximum absolute atomic E-state index is 13.6. The van der Waals surface area contributed by atoms with E-state index in [4.69, 9.17) is 11.6 Å². The number of pyridine rings is 1. The summed E-state index contributed by atoms with van der Waals surface area (Å²) < 4.78 is 42.3. The van der Waals surface area contributed by atoms with Crippen LogP contribution in [0.3, 0.4) is 0 Å². The third-order valence-electron chi connectivity index (χ3n) is 8.38. The Labute approximate surface area is 312 Å². The molecule has 5 rings (SSSR count). The minimum Gasteiger partial charge on any atom is -0.504 e. The van der Waals surface area contributed by atoms with Gasteiger partial charge in [0.25, 0.3) is 11.5 Å². The summed E-state index contributed by atoms with van der Waals surface area (Å²) in [6.07, 6.45) is 3.09. The van der Waals surface area contributed by atoms with E-state index in [-0.39, 0.29) is 23.0 Å². The number of hydrogen-bond acceptors (Lipinski definition) is 10. The number of aromatic hydroxyl groups is 1. The second kappa shape index (κ2) is 17.8. The fraction of sp³-hybridized carbons (Fsp3) is 0.382. The standard InChI is InChI=1S/C26H35N11O4.C8H7ClF3N/c1-6-19-21(28-9-7-8-10-29-25(40)22-23(39)16(2)34(3)32-22)26(41)37(11-12-38)33-24(36(5)31-19)18-13-27-15-20-17(18)14-30-35(20)4;1-13-7-3-2-5(4-6(7)9)8(10,11)12/h12-15,28,31,39H,6-11H2,1-5H3,(H,29,40);2-4,13H,1H3. The predicted molar refractivity (Wildman–Crippen MR) is 198 cm³/mol. The molecular weight excluding hydrogens is 733 g/mol. The van der Waals surface area contributed by atoms with Crippen LogP contribution in [0.25, 0.3) is 22.3 Å². The minimum absolute atomic E-state index is 0.0121. The monoisotopic (exact) mass is 774 g/mol. The first kappa shape index (κ1) is 40.9. The first-order valence-corrected chi connectivity index (χ1v) is 17.1. The number of alkyl halides is 3. The molecule has 20 heteroatoms. The summed E-state index contributed by atoms with van der Waals surface area (Å²) in [6, 6.07) is 3.18. The molecule has 5 aromatic rings. The molecule has 16 nitrogen and oxygen atoms in total. The van der Waals surface area contributed by atoms with Crippen LogP contribution < -0.4 is 21.5 Å². The number of nitrogens with one attached hydrogen (secondary N) is 4. The lowest BCUT2D eigenvalue weighted by Gasteiger charge is -2.15. The molecule has 0 aliphatic heterocycles. The normalized spacial score (nSPS) is 11.1. The predicted octanol–water partition coefficient (Wildman–Crippen LogP) is 4.51. The van der Waals surface area contributed by atoms with Crippen molar-refractivity contribution in [1.82, 2.24) is 49.4 Å². The SMILES string of the molecule is CCc1[nH]n(C)c(-c2cncc3c2cnn3C)nn(CC=O)c(=O)c1NCCCCNC(=O)c1nn(C)c(C)c1O.CNc1ccc(C(F)(F)F)cc1Cl. The van der Waals surface area contributed by atoms with Crippen LogP contribution in [0.5, 0.6) is 5.75 Å². The van der Waals surface area contributed by atoms with Gasteiger partial charge in [-0.05, 0) is 44.4 Å². The van der Waals surface area contributed by atoms with Crippen molar-refractivity contribution >= 4 is 46.1 Å².